The first-order chi connectivity index (χ1) is 4.29. The number of rotatable bonds is 4. The third kappa shape index (κ3) is 10.1. The fraction of sp³-hybridized carbons (Fsp3) is 1.00. The Hall–Kier alpha value is 0.137. The monoisotopic (exact) mass is 194 g/mol. The van der Waals surface area contributed by atoms with Gasteiger partial charge in [0.25, 0.3) is 0 Å². The first-order valence-electron chi connectivity index (χ1n) is 3.48. The third-order valence-corrected chi connectivity index (χ3v) is 2.06. The first-order valence-corrected chi connectivity index (χ1v) is 6.61. The summed E-state index contributed by atoms with van der Waals surface area (Å²) in [4.78, 5) is 0. The van der Waals surface area contributed by atoms with E-state index in [2.05, 4.69) is 13.1 Å². The molecule has 1 saturated heterocycles. The van der Waals surface area contributed by atoms with Crippen LogP contribution in [0.2, 0.25) is 13.1 Å². The molecule has 3 heteroatoms. The lowest BCUT2D eigenvalue weighted by Gasteiger charge is -2.02. The van der Waals surface area contributed by atoms with E-state index in [0.717, 1.165) is 19.4 Å². The molecular formula is C9H26O2Si. The van der Waals surface area contributed by atoms with Gasteiger partial charge in [-0.25, -0.2) is 0 Å². The molecule has 1 aliphatic rings. The summed E-state index contributed by atoms with van der Waals surface area (Å²) in [5.41, 5.74) is 0. The second-order valence-corrected chi connectivity index (χ2v) is 6.01. The highest BCUT2D eigenvalue weighted by atomic mass is 28.3. The Morgan fingerprint density at radius 3 is 2.17 bits per heavy atom. The van der Waals surface area contributed by atoms with Crippen molar-refractivity contribution in [2.75, 3.05) is 19.4 Å². The number of ether oxygens (including phenoxy) is 2. The molecule has 1 atom stereocenters. The predicted octanol–water partition coefficient (Wildman–Crippen LogP) is 2.34. The first kappa shape index (κ1) is 18.0. The largest absolute Gasteiger partial charge is 0.382 e. The Morgan fingerprint density at radius 1 is 1.33 bits per heavy atom. The van der Waals surface area contributed by atoms with Crippen LogP contribution in [0.25, 0.3) is 0 Å². The Labute approximate surface area is 79.9 Å². The van der Waals surface area contributed by atoms with Gasteiger partial charge in [0.05, 0.1) is 22.0 Å². The lowest BCUT2D eigenvalue weighted by Crippen LogP contribution is -2.14. The van der Waals surface area contributed by atoms with Crippen LogP contribution in [0.3, 0.4) is 0 Å². The molecule has 0 radical (unpaired) electrons. The predicted molar refractivity (Wildman–Crippen MR) is 59.6 cm³/mol. The molecule has 1 aliphatic heterocycles. The zero-order valence-electron chi connectivity index (χ0n) is 6.09. The van der Waals surface area contributed by atoms with Crippen LogP contribution in [0.5, 0.6) is 0 Å². The van der Waals surface area contributed by atoms with Gasteiger partial charge in [-0.05, 0) is 0 Å². The molecule has 12 heavy (non-hydrogen) atoms. The van der Waals surface area contributed by atoms with E-state index in [1.54, 1.807) is 0 Å². The normalized spacial score (nSPS) is 18.8. The molecule has 1 heterocycles. The van der Waals surface area contributed by atoms with Gasteiger partial charge in [0.2, 0.25) is 0 Å². The fourth-order valence-corrected chi connectivity index (χ4v) is 1.21. The molecule has 0 aromatic rings. The molecule has 0 saturated carbocycles. The fourth-order valence-electron chi connectivity index (χ4n) is 0.599. The van der Waals surface area contributed by atoms with E-state index in [1.165, 1.54) is 0 Å². The van der Waals surface area contributed by atoms with Crippen molar-refractivity contribution in [3.63, 3.8) is 0 Å². The molecule has 2 nitrogen and oxygen atoms in total. The second kappa shape index (κ2) is 9.23. The minimum atomic E-state index is -0.479. The van der Waals surface area contributed by atoms with Gasteiger partial charge in [-0.3, -0.25) is 0 Å². The second-order valence-electron chi connectivity index (χ2n) is 2.89. The van der Waals surface area contributed by atoms with Gasteiger partial charge in [0.1, 0.15) is 6.10 Å². The van der Waals surface area contributed by atoms with Crippen LogP contribution >= 0.6 is 0 Å². The van der Waals surface area contributed by atoms with E-state index in [-0.39, 0.29) is 22.3 Å². The summed E-state index contributed by atoms with van der Waals surface area (Å²) in [5, 5.41) is 0. The van der Waals surface area contributed by atoms with Crippen molar-refractivity contribution >= 4 is 8.80 Å². The smallest absolute Gasteiger partial charge is 0.104 e. The topological polar surface area (TPSA) is 21.8 Å². The van der Waals surface area contributed by atoms with E-state index in [9.17, 15) is 0 Å². The lowest BCUT2D eigenvalue weighted by molar-refractivity contribution is 0.152. The van der Waals surface area contributed by atoms with Gasteiger partial charge in [0.15, 0.2) is 0 Å². The summed E-state index contributed by atoms with van der Waals surface area (Å²) in [7, 11) is -0.479. The molecule has 0 aromatic carbocycles. The van der Waals surface area contributed by atoms with Crippen molar-refractivity contribution in [2.45, 2.75) is 41.5 Å². The third-order valence-electron chi connectivity index (χ3n) is 1.16. The van der Waals surface area contributed by atoms with Gasteiger partial charge >= 0.3 is 0 Å². The molecule has 0 N–H and O–H groups in total. The molecular weight excluding hydrogens is 168 g/mol. The van der Waals surface area contributed by atoms with Crippen molar-refractivity contribution in [3.8, 4) is 0 Å². The van der Waals surface area contributed by atoms with Crippen LogP contribution in [0.1, 0.15) is 22.3 Å². The van der Waals surface area contributed by atoms with E-state index in [4.69, 9.17) is 9.47 Å². The number of hydrogen-bond donors (Lipinski definition) is 0. The van der Waals surface area contributed by atoms with Crippen molar-refractivity contribution in [3.05, 3.63) is 0 Å². The van der Waals surface area contributed by atoms with Crippen LogP contribution in [0, 0.1) is 0 Å². The Morgan fingerprint density at radius 2 is 1.83 bits per heavy atom. The van der Waals surface area contributed by atoms with Crippen molar-refractivity contribution in [1.82, 2.24) is 0 Å². The summed E-state index contributed by atoms with van der Waals surface area (Å²) in [6, 6.07) is 0. The average molecular weight is 194 g/mol. The average Bonchev–Trinajstić information content (AvgIpc) is 2.48. The van der Waals surface area contributed by atoms with Gasteiger partial charge in [-0.1, -0.05) is 35.4 Å². The van der Waals surface area contributed by atoms with Gasteiger partial charge in [-0.2, -0.15) is 0 Å². The quantitative estimate of drug-likeness (QED) is 0.506. The Kier molecular flexibility index (Phi) is 13.9. The molecule has 0 spiro atoms. The van der Waals surface area contributed by atoms with Crippen LogP contribution in [0.4, 0.5) is 0 Å². The molecule has 0 aliphatic carbocycles. The number of hydrogen-bond acceptors (Lipinski definition) is 2. The molecule has 0 bridgehead atoms. The summed E-state index contributed by atoms with van der Waals surface area (Å²) < 4.78 is 10.3. The maximum Gasteiger partial charge on any atom is 0.104 e. The lowest BCUT2D eigenvalue weighted by atomic mass is 10.5. The van der Waals surface area contributed by atoms with E-state index in [1.807, 2.05) is 0 Å². The van der Waals surface area contributed by atoms with E-state index >= 15 is 0 Å². The zero-order valence-corrected chi connectivity index (χ0v) is 7.25. The summed E-state index contributed by atoms with van der Waals surface area (Å²) in [6.45, 7) is 6.31. The van der Waals surface area contributed by atoms with E-state index in [0.29, 0.717) is 6.10 Å². The minimum Gasteiger partial charge on any atom is -0.382 e. The highest BCUT2D eigenvalue weighted by Gasteiger charge is 2.22. The maximum absolute atomic E-state index is 5.36. The summed E-state index contributed by atoms with van der Waals surface area (Å²) >= 11 is 0. The van der Waals surface area contributed by atoms with Crippen molar-refractivity contribution in [1.29, 1.82) is 0 Å². The van der Waals surface area contributed by atoms with Crippen LogP contribution in [-0.2, 0) is 9.47 Å². The van der Waals surface area contributed by atoms with Crippen molar-refractivity contribution in [2.24, 2.45) is 0 Å². The zero-order chi connectivity index (χ0) is 6.69. The van der Waals surface area contributed by atoms with Crippen LogP contribution in [0.15, 0.2) is 0 Å². The molecule has 1 unspecified atom stereocenters. The standard InChI is InChI=1S/C6H14O2Si.3CH4/c1-9(2)5-7-3-6-4-8-6;;;/h6,9H,3-5H2,1-2H3;3*1H4. The van der Waals surface area contributed by atoms with Gasteiger partial charge in [-0.15, -0.1) is 0 Å². The highest BCUT2D eigenvalue weighted by molar-refractivity contribution is 6.55. The summed E-state index contributed by atoms with van der Waals surface area (Å²) in [6.07, 6.45) is 1.44. The molecule has 78 valence electrons. The Balaban J connectivity index is -0.000000270. The SMILES string of the molecule is C.C.C.C[SiH](C)COCC1CO1. The molecule has 0 amide bonds. The van der Waals surface area contributed by atoms with Gasteiger partial charge in [0, 0.05) is 6.23 Å². The molecule has 1 fully saturated rings. The van der Waals surface area contributed by atoms with Crippen LogP contribution in [-0.4, -0.2) is 34.3 Å². The van der Waals surface area contributed by atoms with Crippen LogP contribution < -0.4 is 0 Å². The van der Waals surface area contributed by atoms with Crippen molar-refractivity contribution < 1.29 is 9.47 Å². The molecule has 1 rings (SSSR count). The molecule has 0 aromatic heterocycles. The highest BCUT2D eigenvalue weighted by Crippen LogP contribution is 2.08. The van der Waals surface area contributed by atoms with Gasteiger partial charge < -0.3 is 9.47 Å². The number of epoxide rings is 1. The summed E-state index contributed by atoms with van der Waals surface area (Å²) in [5.74, 6) is 0. The minimum absolute atomic E-state index is 0. The maximum atomic E-state index is 5.36. The van der Waals surface area contributed by atoms with E-state index < -0.39 is 8.80 Å². The Bertz CT molecular complexity index is 80.6.